The van der Waals surface area contributed by atoms with Gasteiger partial charge in [-0.3, -0.25) is 4.79 Å². The molecule has 1 aromatic rings. The zero-order valence-electron chi connectivity index (χ0n) is 13.5. The number of amides is 1. The summed E-state index contributed by atoms with van der Waals surface area (Å²) in [7, 11) is 0. The number of carbonyl (C=O) groups excluding carboxylic acids is 1. The summed E-state index contributed by atoms with van der Waals surface area (Å²) in [5.74, 6) is 0.630. The van der Waals surface area contributed by atoms with E-state index in [0.29, 0.717) is 5.92 Å². The van der Waals surface area contributed by atoms with Crippen molar-refractivity contribution < 1.29 is 4.79 Å². The van der Waals surface area contributed by atoms with Crippen LogP contribution in [0.1, 0.15) is 50.0 Å². The second kappa shape index (κ2) is 7.93. The maximum absolute atomic E-state index is 12.6. The number of benzene rings is 1. The van der Waals surface area contributed by atoms with Crippen LogP contribution in [0.5, 0.6) is 0 Å². The highest BCUT2D eigenvalue weighted by Gasteiger charge is 2.17. The number of nitrogens with one attached hydrogen (secondary N) is 1. The van der Waals surface area contributed by atoms with Gasteiger partial charge in [-0.2, -0.15) is 0 Å². The molecule has 3 nitrogen and oxygen atoms in total. The van der Waals surface area contributed by atoms with Crippen molar-refractivity contribution in [3.8, 4) is 0 Å². The molecule has 20 heavy (non-hydrogen) atoms. The van der Waals surface area contributed by atoms with Crippen molar-refractivity contribution in [3.05, 3.63) is 29.3 Å². The Hall–Kier alpha value is -1.51. The molecule has 0 aliphatic carbocycles. The molecule has 0 saturated heterocycles. The number of anilines is 1. The van der Waals surface area contributed by atoms with Crippen molar-refractivity contribution in [2.24, 2.45) is 5.92 Å². The molecule has 112 valence electrons. The third-order valence-corrected chi connectivity index (χ3v) is 3.29. The zero-order chi connectivity index (χ0) is 15.1. The summed E-state index contributed by atoms with van der Waals surface area (Å²) >= 11 is 0. The second-order valence-electron chi connectivity index (χ2n) is 5.69. The van der Waals surface area contributed by atoms with Gasteiger partial charge in [-0.1, -0.05) is 20.8 Å². The van der Waals surface area contributed by atoms with Crippen LogP contribution in [0.2, 0.25) is 0 Å². The quantitative estimate of drug-likeness (QED) is 0.818. The van der Waals surface area contributed by atoms with Gasteiger partial charge in [-0.15, -0.1) is 0 Å². The lowest BCUT2D eigenvalue weighted by molar-refractivity contribution is 0.0745. The Kier molecular flexibility index (Phi) is 6.56. The van der Waals surface area contributed by atoms with Gasteiger partial charge in [0.1, 0.15) is 0 Å². The lowest BCUT2D eigenvalue weighted by Crippen LogP contribution is -2.34. The summed E-state index contributed by atoms with van der Waals surface area (Å²) in [6.45, 7) is 13.0. The molecule has 0 bridgehead atoms. The molecule has 0 spiro atoms. The van der Waals surface area contributed by atoms with Gasteiger partial charge < -0.3 is 10.2 Å². The van der Waals surface area contributed by atoms with Crippen molar-refractivity contribution in [3.63, 3.8) is 0 Å². The monoisotopic (exact) mass is 276 g/mol. The van der Waals surface area contributed by atoms with E-state index in [1.165, 1.54) is 0 Å². The molecule has 0 aliphatic heterocycles. The van der Waals surface area contributed by atoms with Crippen LogP contribution < -0.4 is 5.32 Å². The molecule has 1 rings (SSSR count). The van der Waals surface area contributed by atoms with Gasteiger partial charge >= 0.3 is 0 Å². The number of aryl methyl sites for hydroxylation is 1. The van der Waals surface area contributed by atoms with Crippen LogP contribution in [0.3, 0.4) is 0 Å². The number of carbonyl (C=O) groups is 1. The number of rotatable bonds is 7. The van der Waals surface area contributed by atoms with E-state index in [-0.39, 0.29) is 5.91 Å². The zero-order valence-corrected chi connectivity index (χ0v) is 13.5. The van der Waals surface area contributed by atoms with E-state index in [0.717, 1.165) is 42.9 Å². The Morgan fingerprint density at radius 1 is 1.30 bits per heavy atom. The SMILES string of the molecule is CCCNc1ccc(C(=O)N(CC)CC(C)C)c(C)c1. The summed E-state index contributed by atoms with van der Waals surface area (Å²) in [6, 6.07) is 6.00. The van der Waals surface area contributed by atoms with Gasteiger partial charge in [0.15, 0.2) is 0 Å². The van der Waals surface area contributed by atoms with Gasteiger partial charge in [-0.05, 0) is 49.9 Å². The maximum atomic E-state index is 12.6. The molecule has 0 heterocycles. The fourth-order valence-corrected chi connectivity index (χ4v) is 2.25. The maximum Gasteiger partial charge on any atom is 0.254 e. The summed E-state index contributed by atoms with van der Waals surface area (Å²) in [6.07, 6.45) is 1.09. The molecular weight excluding hydrogens is 248 g/mol. The van der Waals surface area contributed by atoms with Crippen molar-refractivity contribution in [2.45, 2.75) is 41.0 Å². The lowest BCUT2D eigenvalue weighted by atomic mass is 10.1. The minimum atomic E-state index is 0.140. The average Bonchev–Trinajstić information content (AvgIpc) is 2.41. The van der Waals surface area contributed by atoms with E-state index in [1.807, 2.05) is 30.9 Å². The van der Waals surface area contributed by atoms with Gasteiger partial charge in [0.05, 0.1) is 0 Å². The molecule has 0 aliphatic rings. The van der Waals surface area contributed by atoms with Gasteiger partial charge in [0.2, 0.25) is 0 Å². The van der Waals surface area contributed by atoms with E-state index >= 15 is 0 Å². The van der Waals surface area contributed by atoms with E-state index in [9.17, 15) is 4.79 Å². The number of hydrogen-bond acceptors (Lipinski definition) is 2. The summed E-state index contributed by atoms with van der Waals surface area (Å²) in [5.41, 5.74) is 2.95. The fourth-order valence-electron chi connectivity index (χ4n) is 2.25. The van der Waals surface area contributed by atoms with E-state index < -0.39 is 0 Å². The van der Waals surface area contributed by atoms with Crippen LogP contribution >= 0.6 is 0 Å². The first-order valence-corrected chi connectivity index (χ1v) is 7.63. The molecule has 0 saturated carbocycles. The predicted octanol–water partition coefficient (Wildman–Crippen LogP) is 3.94. The Morgan fingerprint density at radius 3 is 2.50 bits per heavy atom. The molecule has 1 N–H and O–H groups in total. The highest BCUT2D eigenvalue weighted by molar-refractivity contribution is 5.96. The van der Waals surface area contributed by atoms with E-state index in [1.54, 1.807) is 0 Å². The van der Waals surface area contributed by atoms with Crippen LogP contribution in [0, 0.1) is 12.8 Å². The van der Waals surface area contributed by atoms with Crippen molar-refractivity contribution in [1.82, 2.24) is 4.90 Å². The molecule has 0 fully saturated rings. The third kappa shape index (κ3) is 4.55. The predicted molar refractivity (Wildman–Crippen MR) is 86.4 cm³/mol. The Bertz CT molecular complexity index is 441. The van der Waals surface area contributed by atoms with Gasteiger partial charge in [0, 0.05) is 30.9 Å². The van der Waals surface area contributed by atoms with Crippen molar-refractivity contribution in [1.29, 1.82) is 0 Å². The molecule has 0 radical (unpaired) electrons. The summed E-state index contributed by atoms with van der Waals surface area (Å²) in [5, 5.41) is 3.35. The first-order valence-electron chi connectivity index (χ1n) is 7.63. The number of nitrogens with zero attached hydrogens (tertiary/aromatic N) is 1. The lowest BCUT2D eigenvalue weighted by Gasteiger charge is -2.24. The second-order valence-corrected chi connectivity index (χ2v) is 5.69. The minimum Gasteiger partial charge on any atom is -0.385 e. The van der Waals surface area contributed by atoms with Gasteiger partial charge in [0.25, 0.3) is 5.91 Å². The van der Waals surface area contributed by atoms with Gasteiger partial charge in [-0.25, -0.2) is 0 Å². The highest BCUT2D eigenvalue weighted by Crippen LogP contribution is 2.17. The molecule has 0 unspecified atom stereocenters. The van der Waals surface area contributed by atoms with Crippen LogP contribution in [-0.4, -0.2) is 30.4 Å². The first-order chi connectivity index (χ1) is 9.49. The normalized spacial score (nSPS) is 10.7. The fraction of sp³-hybridized carbons (Fsp3) is 0.588. The van der Waals surface area contributed by atoms with Crippen LogP contribution in [0.4, 0.5) is 5.69 Å². The Morgan fingerprint density at radius 2 is 2.00 bits per heavy atom. The molecular formula is C17H28N2O. The first kappa shape index (κ1) is 16.5. The molecule has 1 aromatic carbocycles. The van der Waals surface area contributed by atoms with Crippen molar-refractivity contribution >= 4 is 11.6 Å². The van der Waals surface area contributed by atoms with E-state index in [4.69, 9.17) is 0 Å². The average molecular weight is 276 g/mol. The smallest absolute Gasteiger partial charge is 0.254 e. The number of hydrogen-bond donors (Lipinski definition) is 1. The van der Waals surface area contributed by atoms with Crippen LogP contribution in [0.15, 0.2) is 18.2 Å². The molecule has 0 atom stereocenters. The van der Waals surface area contributed by atoms with Crippen molar-refractivity contribution in [2.75, 3.05) is 25.0 Å². The van der Waals surface area contributed by atoms with Crippen LogP contribution in [-0.2, 0) is 0 Å². The third-order valence-electron chi connectivity index (χ3n) is 3.29. The van der Waals surface area contributed by atoms with E-state index in [2.05, 4.69) is 32.2 Å². The summed E-state index contributed by atoms with van der Waals surface area (Å²) in [4.78, 5) is 14.5. The molecule has 1 amide bonds. The standard InChI is InChI=1S/C17H28N2O/c1-6-10-18-15-8-9-16(14(5)11-15)17(20)19(7-2)12-13(3)4/h8-9,11,13,18H,6-7,10,12H2,1-5H3. The summed E-state index contributed by atoms with van der Waals surface area (Å²) < 4.78 is 0. The minimum absolute atomic E-state index is 0.140. The Balaban J connectivity index is 2.87. The Labute approximate surface area is 123 Å². The molecule has 0 aromatic heterocycles. The van der Waals surface area contributed by atoms with Crippen LogP contribution in [0.25, 0.3) is 0 Å². The molecule has 3 heteroatoms. The largest absolute Gasteiger partial charge is 0.385 e. The topological polar surface area (TPSA) is 32.3 Å². The highest BCUT2D eigenvalue weighted by atomic mass is 16.2.